The molecule has 4 aromatic rings. The van der Waals surface area contributed by atoms with Gasteiger partial charge in [0.25, 0.3) is 0 Å². The summed E-state index contributed by atoms with van der Waals surface area (Å²) in [7, 11) is 0. The van der Waals surface area contributed by atoms with Crippen LogP contribution in [0.1, 0.15) is 24.3 Å². The monoisotopic (exact) mass is 426 g/mol. The molecular weight excluding hydrogens is 407 g/mol. The summed E-state index contributed by atoms with van der Waals surface area (Å²) < 4.78 is 1.76. The van der Waals surface area contributed by atoms with Crippen LogP contribution in [-0.2, 0) is 0 Å². The summed E-state index contributed by atoms with van der Waals surface area (Å²) in [5, 5.41) is 13.9. The molecule has 29 heavy (non-hydrogen) atoms. The summed E-state index contributed by atoms with van der Waals surface area (Å²) >= 11 is 12.6. The third-order valence-corrected chi connectivity index (χ3v) is 5.98. The maximum atomic E-state index is 12.4. The number of carboxylic acid groups (broad SMARTS) is 1. The highest BCUT2D eigenvalue weighted by Gasteiger charge is 2.27. The van der Waals surface area contributed by atoms with Crippen LogP contribution in [0.15, 0.2) is 54.6 Å². The molecule has 3 aromatic carbocycles. The van der Waals surface area contributed by atoms with Gasteiger partial charge in [0.2, 0.25) is 0 Å². The van der Waals surface area contributed by atoms with Crippen LogP contribution in [0.3, 0.4) is 0 Å². The highest BCUT2D eigenvalue weighted by atomic mass is 35.5. The standard InChI is InChI=1S/C23H20Cl2N2O2/c1-3-26(4-2)21-17-12-18(24)19(25)13-20(17)27(22(21)23(28)29)16-10-9-14-7-5-6-8-15(14)11-16/h5-13H,3-4H2,1-2H3,(H,28,29). The van der Waals surface area contributed by atoms with Crippen LogP contribution < -0.4 is 4.90 Å². The van der Waals surface area contributed by atoms with E-state index in [1.807, 2.05) is 61.2 Å². The lowest BCUT2D eigenvalue weighted by Gasteiger charge is -2.21. The third kappa shape index (κ3) is 3.22. The van der Waals surface area contributed by atoms with Crippen LogP contribution in [0.5, 0.6) is 0 Å². The molecule has 0 bridgehead atoms. The minimum atomic E-state index is -0.997. The van der Waals surface area contributed by atoms with Gasteiger partial charge in [-0.05, 0) is 48.9 Å². The molecule has 4 rings (SSSR count). The van der Waals surface area contributed by atoms with Crippen molar-refractivity contribution in [1.82, 2.24) is 4.57 Å². The fourth-order valence-corrected chi connectivity index (χ4v) is 4.23. The molecule has 0 fully saturated rings. The predicted molar refractivity (Wildman–Crippen MR) is 121 cm³/mol. The van der Waals surface area contributed by atoms with Gasteiger partial charge in [-0.1, -0.05) is 53.5 Å². The number of aromatic carboxylic acids is 1. The van der Waals surface area contributed by atoms with Gasteiger partial charge in [-0.3, -0.25) is 0 Å². The summed E-state index contributed by atoms with van der Waals surface area (Å²) in [5.41, 5.74) is 2.35. The Balaban J connectivity index is 2.15. The molecule has 0 saturated heterocycles. The van der Waals surface area contributed by atoms with Gasteiger partial charge in [0.15, 0.2) is 5.69 Å². The number of rotatable bonds is 5. The molecule has 1 N–H and O–H groups in total. The molecule has 0 aliphatic carbocycles. The molecule has 1 heterocycles. The van der Waals surface area contributed by atoms with Crippen LogP contribution in [0.4, 0.5) is 5.69 Å². The maximum absolute atomic E-state index is 12.4. The summed E-state index contributed by atoms with van der Waals surface area (Å²) in [4.78, 5) is 14.5. The van der Waals surface area contributed by atoms with E-state index in [4.69, 9.17) is 23.2 Å². The predicted octanol–water partition coefficient (Wildman–Crippen LogP) is 6.63. The lowest BCUT2D eigenvalue weighted by Crippen LogP contribution is -2.24. The summed E-state index contributed by atoms with van der Waals surface area (Å²) in [6.07, 6.45) is 0. The van der Waals surface area contributed by atoms with E-state index in [0.717, 1.165) is 21.8 Å². The Labute approximate surface area is 178 Å². The first-order chi connectivity index (χ1) is 14.0. The minimum Gasteiger partial charge on any atom is -0.476 e. The second-order valence-corrected chi connectivity index (χ2v) is 7.64. The van der Waals surface area contributed by atoms with E-state index in [1.165, 1.54) is 0 Å². The van der Waals surface area contributed by atoms with Gasteiger partial charge in [0, 0.05) is 24.2 Å². The van der Waals surface area contributed by atoms with Crippen molar-refractivity contribution >= 4 is 56.5 Å². The average Bonchev–Trinajstić information content (AvgIpc) is 3.03. The molecule has 148 valence electrons. The molecule has 0 aliphatic rings. The molecule has 6 heteroatoms. The molecule has 0 aliphatic heterocycles. The lowest BCUT2D eigenvalue weighted by molar-refractivity contribution is 0.0689. The second kappa shape index (κ2) is 7.62. The zero-order valence-corrected chi connectivity index (χ0v) is 17.6. The topological polar surface area (TPSA) is 45.5 Å². The minimum absolute atomic E-state index is 0.206. The number of carboxylic acids is 1. The van der Waals surface area contributed by atoms with Gasteiger partial charge < -0.3 is 14.6 Å². The quantitative estimate of drug-likeness (QED) is 0.389. The Hall–Kier alpha value is -2.69. The Morgan fingerprint density at radius 1 is 0.966 bits per heavy atom. The van der Waals surface area contributed by atoms with Crippen molar-refractivity contribution in [2.45, 2.75) is 13.8 Å². The van der Waals surface area contributed by atoms with Crippen LogP contribution in [0.2, 0.25) is 10.0 Å². The number of aromatic nitrogens is 1. The SMILES string of the molecule is CCN(CC)c1c(C(=O)O)n(-c2ccc3ccccc3c2)c2cc(Cl)c(Cl)cc12. The lowest BCUT2D eigenvalue weighted by atomic mass is 10.1. The van der Waals surface area contributed by atoms with E-state index in [9.17, 15) is 9.90 Å². The van der Waals surface area contributed by atoms with Crippen LogP contribution in [-0.4, -0.2) is 28.7 Å². The Kier molecular flexibility index (Phi) is 5.15. The van der Waals surface area contributed by atoms with Gasteiger partial charge in [0.05, 0.1) is 21.2 Å². The first-order valence-corrected chi connectivity index (χ1v) is 10.2. The molecule has 0 radical (unpaired) electrons. The fourth-order valence-electron chi connectivity index (χ4n) is 3.91. The van der Waals surface area contributed by atoms with Gasteiger partial charge in [0.1, 0.15) is 0 Å². The normalized spacial score (nSPS) is 11.3. The zero-order valence-electron chi connectivity index (χ0n) is 16.1. The number of halogens is 2. The molecule has 0 saturated carbocycles. The summed E-state index contributed by atoms with van der Waals surface area (Å²) in [6, 6.07) is 17.4. The average molecular weight is 427 g/mol. The van der Waals surface area contributed by atoms with Crippen LogP contribution >= 0.6 is 23.2 Å². The van der Waals surface area contributed by atoms with Crippen molar-refractivity contribution in [2.24, 2.45) is 0 Å². The Bertz CT molecular complexity index is 1240. The van der Waals surface area contributed by atoms with E-state index < -0.39 is 5.97 Å². The number of hydrogen-bond acceptors (Lipinski definition) is 2. The molecular formula is C23H20Cl2N2O2. The summed E-state index contributed by atoms with van der Waals surface area (Å²) in [6.45, 7) is 5.36. The van der Waals surface area contributed by atoms with E-state index in [1.54, 1.807) is 16.7 Å². The Morgan fingerprint density at radius 2 is 1.62 bits per heavy atom. The number of hydrogen-bond donors (Lipinski definition) is 1. The summed E-state index contributed by atoms with van der Waals surface area (Å²) in [5.74, 6) is -0.997. The van der Waals surface area contributed by atoms with Crippen LogP contribution in [0, 0.1) is 0 Å². The van der Waals surface area contributed by atoms with Crippen LogP contribution in [0.25, 0.3) is 27.4 Å². The van der Waals surface area contributed by atoms with Gasteiger partial charge in [-0.25, -0.2) is 4.79 Å². The largest absolute Gasteiger partial charge is 0.476 e. The molecule has 4 nitrogen and oxygen atoms in total. The number of carbonyl (C=O) groups is 1. The number of anilines is 1. The molecule has 0 unspecified atom stereocenters. The van der Waals surface area contributed by atoms with E-state index in [0.29, 0.717) is 34.3 Å². The van der Waals surface area contributed by atoms with Crippen molar-refractivity contribution < 1.29 is 9.90 Å². The first kappa shape index (κ1) is 19.6. The van der Waals surface area contributed by atoms with Crippen molar-refractivity contribution in [2.75, 3.05) is 18.0 Å². The zero-order chi connectivity index (χ0) is 20.7. The molecule has 0 amide bonds. The van der Waals surface area contributed by atoms with Crippen molar-refractivity contribution in [3.8, 4) is 5.69 Å². The first-order valence-electron chi connectivity index (χ1n) is 9.47. The van der Waals surface area contributed by atoms with Gasteiger partial charge >= 0.3 is 5.97 Å². The van der Waals surface area contributed by atoms with Crippen molar-refractivity contribution in [3.05, 3.63) is 70.3 Å². The second-order valence-electron chi connectivity index (χ2n) is 6.82. The van der Waals surface area contributed by atoms with E-state index in [-0.39, 0.29) is 5.69 Å². The van der Waals surface area contributed by atoms with Gasteiger partial charge in [-0.15, -0.1) is 0 Å². The maximum Gasteiger partial charge on any atom is 0.355 e. The number of fused-ring (bicyclic) bond motifs is 2. The highest BCUT2D eigenvalue weighted by Crippen LogP contribution is 2.40. The fraction of sp³-hybridized carbons (Fsp3) is 0.174. The van der Waals surface area contributed by atoms with E-state index in [2.05, 4.69) is 0 Å². The third-order valence-electron chi connectivity index (χ3n) is 5.26. The smallest absolute Gasteiger partial charge is 0.355 e. The highest BCUT2D eigenvalue weighted by molar-refractivity contribution is 6.43. The molecule has 0 spiro atoms. The molecule has 1 aromatic heterocycles. The number of nitrogens with zero attached hydrogens (tertiary/aromatic N) is 2. The van der Waals surface area contributed by atoms with Crippen molar-refractivity contribution in [3.63, 3.8) is 0 Å². The molecule has 0 atom stereocenters. The van der Waals surface area contributed by atoms with E-state index >= 15 is 0 Å². The van der Waals surface area contributed by atoms with Crippen molar-refractivity contribution in [1.29, 1.82) is 0 Å². The van der Waals surface area contributed by atoms with Gasteiger partial charge in [-0.2, -0.15) is 0 Å². The Morgan fingerprint density at radius 3 is 2.28 bits per heavy atom. The number of benzene rings is 3.